The zero-order valence-electron chi connectivity index (χ0n) is 18.3. The summed E-state index contributed by atoms with van der Waals surface area (Å²) in [5.41, 5.74) is 16.7. The second-order valence-corrected chi connectivity index (χ2v) is 6.77. The maximum Gasteiger partial charge on any atom is 0.0699 e. The van der Waals surface area contributed by atoms with Crippen LogP contribution in [0.2, 0.25) is 0 Å². The molecule has 0 radical (unpaired) electrons. The summed E-state index contributed by atoms with van der Waals surface area (Å²) in [5, 5.41) is 27.0. The van der Waals surface area contributed by atoms with E-state index in [1.807, 2.05) is 0 Å². The Labute approximate surface area is 177 Å². The Balaban J connectivity index is 3.27. The van der Waals surface area contributed by atoms with Crippen molar-refractivity contribution in [3.63, 3.8) is 0 Å². The molecule has 0 fully saturated rings. The van der Waals surface area contributed by atoms with E-state index in [9.17, 15) is 0 Å². The number of hydrogen-bond acceptors (Lipinski definition) is 11. The lowest BCUT2D eigenvalue weighted by Gasteiger charge is -2.19. The van der Waals surface area contributed by atoms with Gasteiger partial charge in [0, 0.05) is 111 Å². The topological polar surface area (TPSA) is 174 Å². The molecule has 14 N–H and O–H groups in total. The summed E-state index contributed by atoms with van der Waals surface area (Å²) in [6.07, 6.45) is 0.150. The normalized spacial score (nSPS) is 11.6. The first-order valence-corrected chi connectivity index (χ1v) is 11.2. The quantitative estimate of drug-likeness (QED) is 0.0504. The Morgan fingerprint density at radius 1 is 0.379 bits per heavy atom. The van der Waals surface area contributed by atoms with E-state index >= 15 is 0 Å². The SMILES string of the molecule is NCCNCCNCCNCCNC(CN)NCCNCCNCCNCCN. The maximum absolute atomic E-state index is 5.82. The Morgan fingerprint density at radius 2 is 0.655 bits per heavy atom. The lowest BCUT2D eigenvalue weighted by molar-refractivity contribution is 0.423. The Bertz CT molecular complexity index is 271. The molecule has 0 unspecified atom stereocenters. The Morgan fingerprint density at radius 3 is 0.931 bits per heavy atom. The molecule has 0 heterocycles. The predicted molar refractivity (Wildman–Crippen MR) is 124 cm³/mol. The minimum atomic E-state index is 0.150. The largest absolute Gasteiger partial charge is 0.329 e. The minimum absolute atomic E-state index is 0.150. The molecule has 0 aromatic carbocycles. The van der Waals surface area contributed by atoms with E-state index in [1.54, 1.807) is 0 Å². The van der Waals surface area contributed by atoms with E-state index in [0.29, 0.717) is 19.6 Å². The molecule has 11 nitrogen and oxygen atoms in total. The first kappa shape index (κ1) is 28.6. The molecule has 176 valence electrons. The van der Waals surface area contributed by atoms with Gasteiger partial charge in [0.25, 0.3) is 0 Å². The molecule has 29 heavy (non-hydrogen) atoms. The highest BCUT2D eigenvalue weighted by Crippen LogP contribution is 1.73. The number of hydrogen-bond donors (Lipinski definition) is 11. The van der Waals surface area contributed by atoms with E-state index < -0.39 is 0 Å². The van der Waals surface area contributed by atoms with Gasteiger partial charge in [0.1, 0.15) is 0 Å². The summed E-state index contributed by atoms with van der Waals surface area (Å²) < 4.78 is 0. The fourth-order valence-corrected chi connectivity index (χ4v) is 2.57. The van der Waals surface area contributed by atoms with Gasteiger partial charge < -0.3 is 49.1 Å². The van der Waals surface area contributed by atoms with Crippen LogP contribution in [0.25, 0.3) is 0 Å². The van der Waals surface area contributed by atoms with Crippen LogP contribution in [0, 0.1) is 0 Å². The van der Waals surface area contributed by atoms with Crippen molar-refractivity contribution in [3.8, 4) is 0 Å². The van der Waals surface area contributed by atoms with Crippen LogP contribution in [-0.4, -0.2) is 117 Å². The van der Waals surface area contributed by atoms with Gasteiger partial charge in [-0.15, -0.1) is 0 Å². The second kappa shape index (κ2) is 25.6. The fraction of sp³-hybridized carbons (Fsp3) is 1.00. The van der Waals surface area contributed by atoms with Gasteiger partial charge >= 0.3 is 0 Å². The van der Waals surface area contributed by atoms with Gasteiger partial charge in [-0.3, -0.25) is 10.6 Å². The van der Waals surface area contributed by atoms with Crippen molar-refractivity contribution in [3.05, 3.63) is 0 Å². The van der Waals surface area contributed by atoms with Crippen molar-refractivity contribution >= 4 is 0 Å². The van der Waals surface area contributed by atoms with Crippen LogP contribution in [0.15, 0.2) is 0 Å². The molecule has 0 saturated carbocycles. The monoisotopic (exact) mass is 419 g/mol. The first-order chi connectivity index (χ1) is 14.3. The lowest BCUT2D eigenvalue weighted by Crippen LogP contribution is -2.51. The van der Waals surface area contributed by atoms with Crippen molar-refractivity contribution < 1.29 is 0 Å². The summed E-state index contributed by atoms with van der Waals surface area (Å²) in [4.78, 5) is 0. The van der Waals surface area contributed by atoms with Crippen LogP contribution in [0.5, 0.6) is 0 Å². The number of nitrogens with two attached hydrogens (primary N) is 3. The standard InChI is InChI=1S/C18H49N11/c19-1-3-22-5-7-24-9-11-26-13-15-28-18(17-21)29-16-14-27-12-10-25-8-6-23-4-2-20/h18,22-29H,1-17,19-21H2. The zero-order chi connectivity index (χ0) is 21.3. The van der Waals surface area contributed by atoms with Crippen molar-refractivity contribution in [1.82, 2.24) is 42.5 Å². The summed E-state index contributed by atoms with van der Waals surface area (Å²) in [6, 6.07) is 0. The van der Waals surface area contributed by atoms with Gasteiger partial charge in [0.15, 0.2) is 0 Å². The third-order valence-electron chi connectivity index (χ3n) is 4.18. The summed E-state index contributed by atoms with van der Waals surface area (Å²) in [6.45, 7) is 15.1. The molecular weight excluding hydrogens is 370 g/mol. The van der Waals surface area contributed by atoms with Crippen LogP contribution in [0.3, 0.4) is 0 Å². The van der Waals surface area contributed by atoms with E-state index in [4.69, 9.17) is 17.2 Å². The smallest absolute Gasteiger partial charge is 0.0699 e. The molecular formula is C18H49N11. The average molecular weight is 420 g/mol. The van der Waals surface area contributed by atoms with Crippen LogP contribution in [0.4, 0.5) is 0 Å². The van der Waals surface area contributed by atoms with Gasteiger partial charge in [0.05, 0.1) is 6.17 Å². The second-order valence-electron chi connectivity index (χ2n) is 6.77. The van der Waals surface area contributed by atoms with Crippen molar-refractivity contribution in [2.75, 3.05) is 111 Å². The molecule has 0 aliphatic heterocycles. The van der Waals surface area contributed by atoms with E-state index in [2.05, 4.69) is 42.5 Å². The van der Waals surface area contributed by atoms with Gasteiger partial charge in [-0.05, 0) is 0 Å². The summed E-state index contributed by atoms with van der Waals surface area (Å²) >= 11 is 0. The highest BCUT2D eigenvalue weighted by molar-refractivity contribution is 4.67. The lowest BCUT2D eigenvalue weighted by atomic mass is 10.4. The third kappa shape index (κ3) is 23.7. The van der Waals surface area contributed by atoms with Crippen molar-refractivity contribution in [2.24, 2.45) is 17.2 Å². The molecule has 0 atom stereocenters. The Hall–Kier alpha value is -0.440. The molecule has 0 aromatic rings. The first-order valence-electron chi connectivity index (χ1n) is 11.2. The average Bonchev–Trinajstić information content (AvgIpc) is 2.74. The molecule has 0 aliphatic rings. The molecule has 0 saturated heterocycles. The van der Waals surface area contributed by atoms with Gasteiger partial charge in [-0.1, -0.05) is 0 Å². The highest BCUT2D eigenvalue weighted by atomic mass is 15.1. The third-order valence-corrected chi connectivity index (χ3v) is 4.18. The number of nitrogens with one attached hydrogen (secondary N) is 8. The Kier molecular flexibility index (Phi) is 25.2. The van der Waals surface area contributed by atoms with Crippen LogP contribution in [0.1, 0.15) is 0 Å². The molecule has 0 rings (SSSR count). The van der Waals surface area contributed by atoms with Crippen molar-refractivity contribution in [1.29, 1.82) is 0 Å². The van der Waals surface area contributed by atoms with Crippen LogP contribution in [-0.2, 0) is 0 Å². The molecule has 0 bridgehead atoms. The molecule has 0 aromatic heterocycles. The van der Waals surface area contributed by atoms with Gasteiger partial charge in [0.2, 0.25) is 0 Å². The molecule has 0 spiro atoms. The van der Waals surface area contributed by atoms with E-state index in [-0.39, 0.29) is 6.17 Å². The molecule has 11 heteroatoms. The van der Waals surface area contributed by atoms with E-state index in [0.717, 1.165) is 91.6 Å². The van der Waals surface area contributed by atoms with Gasteiger partial charge in [-0.25, -0.2) is 0 Å². The van der Waals surface area contributed by atoms with E-state index in [1.165, 1.54) is 0 Å². The highest BCUT2D eigenvalue weighted by Gasteiger charge is 2.03. The van der Waals surface area contributed by atoms with Crippen LogP contribution < -0.4 is 59.7 Å². The summed E-state index contributed by atoms with van der Waals surface area (Å²) in [7, 11) is 0. The minimum Gasteiger partial charge on any atom is -0.329 e. The van der Waals surface area contributed by atoms with Crippen molar-refractivity contribution in [2.45, 2.75) is 6.17 Å². The zero-order valence-corrected chi connectivity index (χ0v) is 18.3. The fourth-order valence-electron chi connectivity index (χ4n) is 2.57. The maximum atomic E-state index is 5.82. The van der Waals surface area contributed by atoms with Gasteiger partial charge in [-0.2, -0.15) is 0 Å². The number of rotatable bonds is 25. The summed E-state index contributed by atoms with van der Waals surface area (Å²) in [5.74, 6) is 0. The predicted octanol–water partition coefficient (Wildman–Crippen LogP) is -5.09. The molecule has 0 aliphatic carbocycles. The van der Waals surface area contributed by atoms with Crippen LogP contribution >= 0.6 is 0 Å². The molecule has 0 amide bonds.